The average molecular weight is 355 g/mol. The number of carbonyl (C=O) groups is 4. The molecule has 7 heteroatoms. The van der Waals surface area contributed by atoms with Crippen LogP contribution >= 0.6 is 0 Å². The average Bonchev–Trinajstić information content (AvgIpc) is 3.25. The largest absolute Gasteiger partial charge is 0.342 e. The van der Waals surface area contributed by atoms with Crippen molar-refractivity contribution < 1.29 is 19.2 Å². The highest BCUT2D eigenvalue weighted by Gasteiger charge is 2.39. The van der Waals surface area contributed by atoms with Gasteiger partial charge in [-0.15, -0.1) is 0 Å². The summed E-state index contributed by atoms with van der Waals surface area (Å²) in [4.78, 5) is 52.2. The standard InChI is InChI=1S/C19H21N3O4/c23-16-7-6-15(18(25)20-16)22-11-14-12(4-3-5-13(14)19(22)26)10-17(24)21-8-1-2-9-21/h3-5,15H,1-2,6-11H2,(H,20,23,25). The topological polar surface area (TPSA) is 86.8 Å². The summed E-state index contributed by atoms with van der Waals surface area (Å²) in [6.45, 7) is 1.91. The molecule has 1 aromatic rings. The van der Waals surface area contributed by atoms with E-state index in [9.17, 15) is 19.2 Å². The number of piperidine rings is 1. The van der Waals surface area contributed by atoms with Crippen molar-refractivity contribution in [2.45, 2.75) is 44.7 Å². The van der Waals surface area contributed by atoms with Gasteiger partial charge in [-0.2, -0.15) is 0 Å². The number of likely N-dealkylation sites (tertiary alicyclic amines) is 1. The van der Waals surface area contributed by atoms with E-state index >= 15 is 0 Å². The number of carbonyl (C=O) groups excluding carboxylic acids is 4. The first-order chi connectivity index (χ1) is 12.5. The van der Waals surface area contributed by atoms with Gasteiger partial charge in [0.25, 0.3) is 5.91 Å². The smallest absolute Gasteiger partial charge is 0.255 e. The zero-order valence-corrected chi connectivity index (χ0v) is 14.5. The molecule has 0 aromatic heterocycles. The zero-order valence-electron chi connectivity index (χ0n) is 14.5. The quantitative estimate of drug-likeness (QED) is 0.805. The minimum atomic E-state index is -0.630. The highest BCUT2D eigenvalue weighted by Crippen LogP contribution is 2.30. The molecule has 3 aliphatic heterocycles. The normalized spacial score (nSPS) is 22.6. The van der Waals surface area contributed by atoms with Crippen LogP contribution in [0.15, 0.2) is 18.2 Å². The van der Waals surface area contributed by atoms with Crippen LogP contribution in [0.25, 0.3) is 0 Å². The minimum absolute atomic E-state index is 0.0859. The summed E-state index contributed by atoms with van der Waals surface area (Å²) in [5.41, 5.74) is 2.23. The van der Waals surface area contributed by atoms with Gasteiger partial charge in [0, 0.05) is 31.6 Å². The SMILES string of the molecule is O=C1CCC(N2Cc3c(CC(=O)N4CCCC4)cccc3C2=O)C(=O)N1. The van der Waals surface area contributed by atoms with Crippen molar-refractivity contribution in [1.82, 2.24) is 15.1 Å². The molecule has 3 heterocycles. The van der Waals surface area contributed by atoms with Crippen molar-refractivity contribution in [3.05, 3.63) is 34.9 Å². The van der Waals surface area contributed by atoms with Gasteiger partial charge < -0.3 is 9.80 Å². The van der Waals surface area contributed by atoms with Crippen LogP contribution in [0.4, 0.5) is 0 Å². The summed E-state index contributed by atoms with van der Waals surface area (Å²) in [6.07, 6.45) is 2.93. The lowest BCUT2D eigenvalue weighted by molar-refractivity contribution is -0.137. The Morgan fingerprint density at radius 2 is 1.92 bits per heavy atom. The molecule has 0 bridgehead atoms. The molecule has 2 fully saturated rings. The van der Waals surface area contributed by atoms with E-state index in [1.54, 1.807) is 12.1 Å². The Morgan fingerprint density at radius 3 is 2.65 bits per heavy atom. The second-order valence-corrected chi connectivity index (χ2v) is 7.11. The van der Waals surface area contributed by atoms with Crippen LogP contribution in [0.3, 0.4) is 0 Å². The number of rotatable bonds is 3. The highest BCUT2D eigenvalue weighted by atomic mass is 16.2. The second kappa shape index (κ2) is 6.55. The maximum absolute atomic E-state index is 12.8. The first kappa shape index (κ1) is 16.8. The molecule has 0 saturated carbocycles. The van der Waals surface area contributed by atoms with E-state index in [1.165, 1.54) is 4.90 Å². The Labute approximate surface area is 151 Å². The van der Waals surface area contributed by atoms with E-state index in [-0.39, 0.29) is 30.6 Å². The van der Waals surface area contributed by atoms with Gasteiger partial charge in [-0.3, -0.25) is 24.5 Å². The van der Waals surface area contributed by atoms with Crippen LogP contribution < -0.4 is 5.32 Å². The Kier molecular flexibility index (Phi) is 4.22. The zero-order chi connectivity index (χ0) is 18.3. The first-order valence-electron chi connectivity index (χ1n) is 9.08. The molecular formula is C19H21N3O4. The Hall–Kier alpha value is -2.70. The number of nitrogens with zero attached hydrogens (tertiary/aromatic N) is 2. The Bertz CT molecular complexity index is 798. The van der Waals surface area contributed by atoms with Crippen LogP contribution in [-0.2, 0) is 27.3 Å². The molecule has 2 saturated heterocycles. The van der Waals surface area contributed by atoms with Crippen molar-refractivity contribution in [2.24, 2.45) is 0 Å². The number of imide groups is 1. The van der Waals surface area contributed by atoms with E-state index in [1.807, 2.05) is 11.0 Å². The fourth-order valence-electron chi connectivity index (χ4n) is 4.06. The summed E-state index contributed by atoms with van der Waals surface area (Å²) >= 11 is 0. The lowest BCUT2D eigenvalue weighted by Crippen LogP contribution is -2.52. The van der Waals surface area contributed by atoms with Crippen molar-refractivity contribution in [1.29, 1.82) is 0 Å². The van der Waals surface area contributed by atoms with E-state index in [4.69, 9.17) is 0 Å². The highest BCUT2D eigenvalue weighted by molar-refractivity contribution is 6.05. The molecule has 4 amide bonds. The van der Waals surface area contributed by atoms with Gasteiger partial charge in [0.2, 0.25) is 17.7 Å². The molecule has 7 nitrogen and oxygen atoms in total. The number of benzene rings is 1. The van der Waals surface area contributed by atoms with E-state index in [0.29, 0.717) is 18.5 Å². The van der Waals surface area contributed by atoms with Crippen LogP contribution in [0.1, 0.15) is 47.2 Å². The lowest BCUT2D eigenvalue weighted by Gasteiger charge is -2.29. The maximum Gasteiger partial charge on any atom is 0.255 e. The molecule has 136 valence electrons. The molecule has 4 rings (SSSR count). The van der Waals surface area contributed by atoms with Gasteiger partial charge in [0.05, 0.1) is 6.42 Å². The molecule has 0 radical (unpaired) electrons. The molecule has 1 atom stereocenters. The molecule has 0 aliphatic carbocycles. The van der Waals surface area contributed by atoms with Gasteiger partial charge in [0.1, 0.15) is 6.04 Å². The van der Waals surface area contributed by atoms with Crippen LogP contribution in [0.2, 0.25) is 0 Å². The molecular weight excluding hydrogens is 334 g/mol. The summed E-state index contributed by atoms with van der Waals surface area (Å²) in [5, 5.41) is 2.30. The molecule has 3 aliphatic rings. The number of nitrogens with one attached hydrogen (secondary N) is 1. The molecule has 0 spiro atoms. The van der Waals surface area contributed by atoms with E-state index in [0.717, 1.165) is 37.1 Å². The monoisotopic (exact) mass is 355 g/mol. The van der Waals surface area contributed by atoms with Crippen LogP contribution in [-0.4, -0.2) is 52.6 Å². The third-order valence-electron chi connectivity index (χ3n) is 5.48. The van der Waals surface area contributed by atoms with Crippen molar-refractivity contribution in [3.63, 3.8) is 0 Å². The summed E-state index contributed by atoms with van der Waals surface area (Å²) in [6, 6.07) is 4.79. The van der Waals surface area contributed by atoms with Gasteiger partial charge in [0.15, 0.2) is 0 Å². The Balaban J connectivity index is 1.55. The fraction of sp³-hybridized carbons (Fsp3) is 0.474. The summed E-state index contributed by atoms with van der Waals surface area (Å²) < 4.78 is 0. The first-order valence-corrected chi connectivity index (χ1v) is 9.08. The molecule has 1 aromatic carbocycles. The van der Waals surface area contributed by atoms with Crippen LogP contribution in [0.5, 0.6) is 0 Å². The summed E-state index contributed by atoms with van der Waals surface area (Å²) in [5.74, 6) is -0.836. The van der Waals surface area contributed by atoms with Crippen LogP contribution in [0, 0.1) is 0 Å². The maximum atomic E-state index is 12.8. The minimum Gasteiger partial charge on any atom is -0.342 e. The number of amides is 4. The van der Waals surface area contributed by atoms with Gasteiger partial charge in [-0.05, 0) is 36.5 Å². The van der Waals surface area contributed by atoms with Crippen molar-refractivity contribution in [2.75, 3.05) is 13.1 Å². The predicted molar refractivity (Wildman–Crippen MR) is 92.0 cm³/mol. The van der Waals surface area contributed by atoms with E-state index in [2.05, 4.69) is 5.32 Å². The molecule has 1 N–H and O–H groups in total. The lowest BCUT2D eigenvalue weighted by atomic mass is 10.0. The van der Waals surface area contributed by atoms with E-state index < -0.39 is 11.9 Å². The second-order valence-electron chi connectivity index (χ2n) is 7.11. The third kappa shape index (κ3) is 2.87. The molecule has 1 unspecified atom stereocenters. The number of hydrogen-bond acceptors (Lipinski definition) is 4. The number of hydrogen-bond donors (Lipinski definition) is 1. The predicted octanol–water partition coefficient (Wildman–Crippen LogP) is 0.612. The summed E-state index contributed by atoms with van der Waals surface area (Å²) in [7, 11) is 0. The Morgan fingerprint density at radius 1 is 1.15 bits per heavy atom. The van der Waals surface area contributed by atoms with Gasteiger partial charge in [-0.25, -0.2) is 0 Å². The number of fused-ring (bicyclic) bond motifs is 1. The van der Waals surface area contributed by atoms with Gasteiger partial charge in [-0.1, -0.05) is 12.1 Å². The van der Waals surface area contributed by atoms with Crippen molar-refractivity contribution >= 4 is 23.6 Å². The third-order valence-corrected chi connectivity index (χ3v) is 5.48. The van der Waals surface area contributed by atoms with Crippen molar-refractivity contribution in [3.8, 4) is 0 Å². The molecule has 26 heavy (non-hydrogen) atoms. The van der Waals surface area contributed by atoms with Gasteiger partial charge >= 0.3 is 0 Å². The fourth-order valence-corrected chi connectivity index (χ4v) is 4.06.